The van der Waals surface area contributed by atoms with Crippen molar-refractivity contribution in [2.45, 2.75) is 12.6 Å². The third kappa shape index (κ3) is 5.14. The Labute approximate surface area is 154 Å². The highest BCUT2D eigenvalue weighted by Crippen LogP contribution is 2.16. The van der Waals surface area contributed by atoms with Crippen LogP contribution in [0.25, 0.3) is 0 Å². The number of ether oxygens (including phenoxy) is 2. The predicted molar refractivity (Wildman–Crippen MR) is 101 cm³/mol. The first kappa shape index (κ1) is 18.6. The first-order valence-corrected chi connectivity index (χ1v) is 9.00. The average Bonchev–Trinajstić information content (AvgIpc) is 2.70. The van der Waals surface area contributed by atoms with E-state index in [1.165, 1.54) is 0 Å². The lowest BCUT2D eigenvalue weighted by molar-refractivity contribution is 0.0332. The van der Waals surface area contributed by atoms with Crippen LogP contribution in [0.3, 0.4) is 0 Å². The van der Waals surface area contributed by atoms with Gasteiger partial charge in [-0.3, -0.25) is 9.69 Å². The Kier molecular flexibility index (Phi) is 6.77. The van der Waals surface area contributed by atoms with Gasteiger partial charge in [0.15, 0.2) is 0 Å². The van der Waals surface area contributed by atoms with Crippen LogP contribution < -0.4 is 5.32 Å². The Morgan fingerprint density at radius 1 is 1.12 bits per heavy atom. The number of benzene rings is 2. The fourth-order valence-corrected chi connectivity index (χ4v) is 3.12. The maximum atomic E-state index is 12.8. The standard InChI is InChI=1S/C21H26N2O3/c1-25-16-17-7-9-19(10-8-17)21(24)22-20(18-5-3-2-4-6-18)15-23-11-13-26-14-12-23/h2-10,20H,11-16H2,1H3,(H,22,24)/t20-/m0/s1. The summed E-state index contributed by atoms with van der Waals surface area (Å²) in [5, 5.41) is 3.20. The van der Waals surface area contributed by atoms with E-state index >= 15 is 0 Å². The molecule has 1 saturated heterocycles. The van der Waals surface area contributed by atoms with Crippen LogP contribution in [-0.2, 0) is 16.1 Å². The van der Waals surface area contributed by atoms with Crippen LogP contribution >= 0.6 is 0 Å². The second-order valence-corrected chi connectivity index (χ2v) is 6.48. The Bertz CT molecular complexity index is 682. The zero-order valence-corrected chi connectivity index (χ0v) is 15.2. The summed E-state index contributed by atoms with van der Waals surface area (Å²) in [5.74, 6) is -0.0592. The Hall–Kier alpha value is -2.21. The molecule has 0 spiro atoms. The van der Waals surface area contributed by atoms with Crippen molar-refractivity contribution < 1.29 is 14.3 Å². The number of rotatable bonds is 7. The predicted octanol–water partition coefficient (Wildman–Crippen LogP) is 2.64. The van der Waals surface area contributed by atoms with Gasteiger partial charge in [0.2, 0.25) is 0 Å². The fraction of sp³-hybridized carbons (Fsp3) is 0.381. The molecule has 0 radical (unpaired) electrons. The van der Waals surface area contributed by atoms with Gasteiger partial charge in [0, 0.05) is 32.3 Å². The number of nitrogens with zero attached hydrogens (tertiary/aromatic N) is 1. The highest BCUT2D eigenvalue weighted by molar-refractivity contribution is 5.94. The van der Waals surface area contributed by atoms with Crippen molar-refractivity contribution in [1.29, 1.82) is 0 Å². The molecule has 1 aliphatic rings. The first-order valence-electron chi connectivity index (χ1n) is 9.00. The highest BCUT2D eigenvalue weighted by Gasteiger charge is 2.20. The van der Waals surface area contributed by atoms with E-state index in [4.69, 9.17) is 9.47 Å². The number of carbonyl (C=O) groups excluding carboxylic acids is 1. The Morgan fingerprint density at radius 2 is 1.81 bits per heavy atom. The van der Waals surface area contributed by atoms with Crippen LogP contribution in [0.5, 0.6) is 0 Å². The molecule has 0 saturated carbocycles. The van der Waals surface area contributed by atoms with Crippen molar-refractivity contribution in [3.05, 3.63) is 71.3 Å². The minimum absolute atomic E-state index is 0.0551. The molecule has 5 nitrogen and oxygen atoms in total. The Morgan fingerprint density at radius 3 is 2.46 bits per heavy atom. The molecule has 1 amide bonds. The summed E-state index contributed by atoms with van der Waals surface area (Å²) in [6.07, 6.45) is 0. The molecule has 1 N–H and O–H groups in total. The van der Waals surface area contributed by atoms with E-state index in [-0.39, 0.29) is 11.9 Å². The van der Waals surface area contributed by atoms with Gasteiger partial charge < -0.3 is 14.8 Å². The van der Waals surface area contributed by atoms with Crippen LogP contribution in [0.4, 0.5) is 0 Å². The van der Waals surface area contributed by atoms with Crippen LogP contribution in [-0.4, -0.2) is 50.8 Å². The van der Waals surface area contributed by atoms with E-state index in [0.717, 1.165) is 44.0 Å². The van der Waals surface area contributed by atoms with Crippen molar-refractivity contribution in [2.24, 2.45) is 0 Å². The molecule has 0 bridgehead atoms. The molecule has 1 fully saturated rings. The third-order valence-corrected chi connectivity index (χ3v) is 4.58. The van der Waals surface area contributed by atoms with Crippen LogP contribution in [0.1, 0.15) is 27.5 Å². The lowest BCUT2D eigenvalue weighted by Crippen LogP contribution is -2.43. The van der Waals surface area contributed by atoms with Crippen LogP contribution in [0.15, 0.2) is 54.6 Å². The van der Waals surface area contributed by atoms with Crippen LogP contribution in [0.2, 0.25) is 0 Å². The normalized spacial score (nSPS) is 16.2. The third-order valence-electron chi connectivity index (χ3n) is 4.58. The number of amides is 1. The molecular formula is C21H26N2O3. The summed E-state index contributed by atoms with van der Waals surface area (Å²) < 4.78 is 10.5. The SMILES string of the molecule is COCc1ccc(C(=O)N[C@@H](CN2CCOCC2)c2ccccc2)cc1. The summed E-state index contributed by atoms with van der Waals surface area (Å²) in [6.45, 7) is 4.61. The van der Waals surface area contributed by atoms with Crippen molar-refractivity contribution in [3.63, 3.8) is 0 Å². The van der Waals surface area contributed by atoms with E-state index in [1.807, 2.05) is 42.5 Å². The highest BCUT2D eigenvalue weighted by atomic mass is 16.5. The molecule has 2 aromatic rings. The number of carbonyl (C=O) groups is 1. The molecule has 26 heavy (non-hydrogen) atoms. The van der Waals surface area contributed by atoms with Gasteiger partial charge in [-0.1, -0.05) is 42.5 Å². The smallest absolute Gasteiger partial charge is 0.251 e. The number of morpholine rings is 1. The largest absolute Gasteiger partial charge is 0.380 e. The topological polar surface area (TPSA) is 50.8 Å². The zero-order valence-electron chi connectivity index (χ0n) is 15.2. The van der Waals surface area contributed by atoms with Crippen molar-refractivity contribution in [2.75, 3.05) is 40.0 Å². The Balaban J connectivity index is 1.70. The molecule has 1 atom stereocenters. The molecule has 5 heteroatoms. The summed E-state index contributed by atoms with van der Waals surface area (Å²) in [5.41, 5.74) is 2.83. The van der Waals surface area contributed by atoms with E-state index in [2.05, 4.69) is 22.3 Å². The monoisotopic (exact) mass is 354 g/mol. The lowest BCUT2D eigenvalue weighted by Gasteiger charge is -2.31. The minimum Gasteiger partial charge on any atom is -0.380 e. The fourth-order valence-electron chi connectivity index (χ4n) is 3.12. The van der Waals surface area contributed by atoms with Gasteiger partial charge in [-0.2, -0.15) is 0 Å². The number of methoxy groups -OCH3 is 1. The van der Waals surface area contributed by atoms with E-state index in [1.54, 1.807) is 7.11 Å². The molecule has 3 rings (SSSR count). The molecule has 138 valence electrons. The van der Waals surface area contributed by atoms with Gasteiger partial charge in [-0.15, -0.1) is 0 Å². The van der Waals surface area contributed by atoms with Crippen LogP contribution in [0, 0.1) is 0 Å². The number of nitrogens with one attached hydrogen (secondary N) is 1. The maximum Gasteiger partial charge on any atom is 0.251 e. The molecular weight excluding hydrogens is 328 g/mol. The maximum absolute atomic E-state index is 12.8. The molecule has 0 unspecified atom stereocenters. The first-order chi connectivity index (χ1) is 12.8. The number of hydrogen-bond acceptors (Lipinski definition) is 4. The summed E-state index contributed by atoms with van der Waals surface area (Å²) in [7, 11) is 1.66. The molecule has 0 aromatic heterocycles. The second kappa shape index (κ2) is 9.48. The van der Waals surface area contributed by atoms with E-state index in [9.17, 15) is 4.79 Å². The number of hydrogen-bond donors (Lipinski definition) is 1. The van der Waals surface area contributed by atoms with Gasteiger partial charge in [-0.25, -0.2) is 0 Å². The quantitative estimate of drug-likeness (QED) is 0.830. The van der Waals surface area contributed by atoms with Gasteiger partial charge in [-0.05, 0) is 23.3 Å². The van der Waals surface area contributed by atoms with Crippen molar-refractivity contribution in [3.8, 4) is 0 Å². The summed E-state index contributed by atoms with van der Waals surface area (Å²) in [6, 6.07) is 17.6. The zero-order chi connectivity index (χ0) is 18.2. The van der Waals surface area contributed by atoms with Gasteiger partial charge in [0.1, 0.15) is 0 Å². The van der Waals surface area contributed by atoms with Gasteiger partial charge in [0.25, 0.3) is 5.91 Å². The molecule has 2 aromatic carbocycles. The molecule has 1 heterocycles. The summed E-state index contributed by atoms with van der Waals surface area (Å²) in [4.78, 5) is 15.1. The lowest BCUT2D eigenvalue weighted by atomic mass is 10.0. The molecule has 1 aliphatic heterocycles. The van der Waals surface area contributed by atoms with E-state index < -0.39 is 0 Å². The molecule has 0 aliphatic carbocycles. The summed E-state index contributed by atoms with van der Waals surface area (Å²) >= 11 is 0. The van der Waals surface area contributed by atoms with E-state index in [0.29, 0.717) is 12.2 Å². The van der Waals surface area contributed by atoms with Gasteiger partial charge in [0.05, 0.1) is 25.9 Å². The van der Waals surface area contributed by atoms with Crippen molar-refractivity contribution >= 4 is 5.91 Å². The van der Waals surface area contributed by atoms with Crippen molar-refractivity contribution in [1.82, 2.24) is 10.2 Å². The minimum atomic E-state index is -0.0592. The average molecular weight is 354 g/mol. The van der Waals surface area contributed by atoms with Gasteiger partial charge >= 0.3 is 0 Å². The second-order valence-electron chi connectivity index (χ2n) is 6.48.